The molecule has 1 saturated heterocycles. The third-order valence-corrected chi connectivity index (χ3v) is 5.94. The minimum absolute atomic E-state index is 0.0961. The number of hydrogen-bond donors (Lipinski definition) is 1. The average Bonchev–Trinajstić information content (AvgIpc) is 3.33. The van der Waals surface area contributed by atoms with Gasteiger partial charge in [-0.25, -0.2) is 14.4 Å². The summed E-state index contributed by atoms with van der Waals surface area (Å²) in [4.78, 5) is 30.8. The maximum atomic E-state index is 13.7. The number of benzene rings is 1. The zero-order valence-electron chi connectivity index (χ0n) is 19.0. The van der Waals surface area contributed by atoms with Gasteiger partial charge in [0, 0.05) is 36.3 Å². The van der Waals surface area contributed by atoms with Crippen LogP contribution < -0.4 is 5.32 Å². The lowest BCUT2D eigenvalue weighted by atomic mass is 10.1. The molecule has 7 nitrogen and oxygen atoms in total. The van der Waals surface area contributed by atoms with Crippen molar-refractivity contribution in [2.24, 2.45) is 0 Å². The van der Waals surface area contributed by atoms with Crippen LogP contribution in [-0.2, 0) is 4.79 Å². The second-order valence-corrected chi connectivity index (χ2v) is 8.07. The molecule has 0 unspecified atom stereocenters. The van der Waals surface area contributed by atoms with E-state index in [1.54, 1.807) is 24.5 Å². The average molecular weight is 449 g/mol. The molecule has 1 aromatic carbocycles. The van der Waals surface area contributed by atoms with E-state index in [0.29, 0.717) is 30.4 Å². The van der Waals surface area contributed by atoms with Crippen LogP contribution in [0.25, 0.3) is 11.3 Å². The van der Waals surface area contributed by atoms with E-state index in [2.05, 4.69) is 29.0 Å². The highest BCUT2D eigenvalue weighted by Gasteiger charge is 2.33. The second kappa shape index (κ2) is 10.5. The highest BCUT2D eigenvalue weighted by Crippen LogP contribution is 2.33. The first-order chi connectivity index (χ1) is 16.1. The predicted molar refractivity (Wildman–Crippen MR) is 126 cm³/mol. The molecule has 1 aliphatic heterocycles. The lowest BCUT2D eigenvalue weighted by Crippen LogP contribution is -2.40. The number of hydrogen-bond acceptors (Lipinski definition) is 6. The second-order valence-electron chi connectivity index (χ2n) is 8.07. The van der Waals surface area contributed by atoms with Crippen LogP contribution >= 0.6 is 0 Å². The van der Waals surface area contributed by atoms with E-state index in [4.69, 9.17) is 9.97 Å². The highest BCUT2D eigenvalue weighted by molar-refractivity contribution is 5.79. The standard InChI is InChI=1S/C25H29FN6O/c1-3-31(4-2)17-24(33)32-14-6-9-22(32)25-29-21(18-10-12-27-13-11-18)16-23(30-25)28-20-8-5-7-19(26)15-20/h5,7-8,10-13,15-16,22H,3-4,6,9,14,17H2,1-2H3,(H,28,29,30)/t22-/m1/s1. The molecule has 0 spiro atoms. The SMILES string of the molecule is CCN(CC)CC(=O)N1CCC[C@@H]1c1nc(Nc2cccc(F)c2)cc(-c2ccncc2)n1. The number of aromatic nitrogens is 3. The van der Waals surface area contributed by atoms with E-state index in [1.807, 2.05) is 23.1 Å². The zero-order valence-corrected chi connectivity index (χ0v) is 19.0. The molecule has 0 bridgehead atoms. The van der Waals surface area contributed by atoms with E-state index < -0.39 is 0 Å². The zero-order chi connectivity index (χ0) is 23.2. The molecule has 33 heavy (non-hydrogen) atoms. The van der Waals surface area contributed by atoms with Gasteiger partial charge in [-0.2, -0.15) is 0 Å². The van der Waals surface area contributed by atoms with Gasteiger partial charge in [-0.1, -0.05) is 19.9 Å². The highest BCUT2D eigenvalue weighted by atomic mass is 19.1. The van der Waals surface area contributed by atoms with Crippen molar-refractivity contribution < 1.29 is 9.18 Å². The van der Waals surface area contributed by atoms with Gasteiger partial charge >= 0.3 is 0 Å². The van der Waals surface area contributed by atoms with Crippen LogP contribution in [0.15, 0.2) is 54.9 Å². The van der Waals surface area contributed by atoms with Gasteiger partial charge in [-0.15, -0.1) is 0 Å². The van der Waals surface area contributed by atoms with Crippen LogP contribution in [-0.4, -0.2) is 56.8 Å². The molecule has 3 aromatic rings. The molecular formula is C25H29FN6O. The van der Waals surface area contributed by atoms with Crippen molar-refractivity contribution >= 4 is 17.4 Å². The van der Waals surface area contributed by atoms with Gasteiger partial charge in [0.25, 0.3) is 0 Å². The van der Waals surface area contributed by atoms with Crippen molar-refractivity contribution in [3.63, 3.8) is 0 Å². The molecule has 0 saturated carbocycles. The molecule has 2 aromatic heterocycles. The van der Waals surface area contributed by atoms with Gasteiger partial charge in [0.05, 0.1) is 18.3 Å². The van der Waals surface area contributed by atoms with Gasteiger partial charge in [-0.05, 0) is 56.3 Å². The van der Waals surface area contributed by atoms with Crippen LogP contribution in [0.2, 0.25) is 0 Å². The Hall–Kier alpha value is -3.39. The predicted octanol–water partition coefficient (Wildman–Crippen LogP) is 4.43. The minimum Gasteiger partial charge on any atom is -0.340 e. The number of carbonyl (C=O) groups is 1. The van der Waals surface area contributed by atoms with Crippen molar-refractivity contribution in [3.8, 4) is 11.3 Å². The summed E-state index contributed by atoms with van der Waals surface area (Å²) >= 11 is 0. The monoisotopic (exact) mass is 448 g/mol. The fourth-order valence-corrected chi connectivity index (χ4v) is 4.13. The number of amides is 1. The Kier molecular flexibility index (Phi) is 7.24. The molecular weight excluding hydrogens is 419 g/mol. The van der Waals surface area contributed by atoms with E-state index in [1.165, 1.54) is 12.1 Å². The van der Waals surface area contributed by atoms with Crippen molar-refractivity contribution in [2.45, 2.75) is 32.7 Å². The molecule has 1 N–H and O–H groups in total. The molecule has 1 aliphatic rings. The minimum atomic E-state index is -0.326. The largest absolute Gasteiger partial charge is 0.340 e. The first kappa shape index (κ1) is 22.8. The number of carbonyl (C=O) groups excluding carboxylic acids is 1. The molecule has 0 radical (unpaired) electrons. The fourth-order valence-electron chi connectivity index (χ4n) is 4.13. The first-order valence-corrected chi connectivity index (χ1v) is 11.4. The van der Waals surface area contributed by atoms with Crippen molar-refractivity contribution in [3.05, 3.63) is 66.5 Å². The van der Waals surface area contributed by atoms with Gasteiger partial charge in [0.2, 0.25) is 5.91 Å². The lowest BCUT2D eigenvalue weighted by molar-refractivity contribution is -0.133. The van der Waals surface area contributed by atoms with Crippen LogP contribution in [0.5, 0.6) is 0 Å². The molecule has 4 rings (SSSR count). The summed E-state index contributed by atoms with van der Waals surface area (Å²) in [6.45, 7) is 6.86. The number of likely N-dealkylation sites (tertiary alicyclic amines) is 1. The number of rotatable bonds is 8. The Morgan fingerprint density at radius 3 is 2.67 bits per heavy atom. The number of pyridine rings is 1. The summed E-state index contributed by atoms with van der Waals surface area (Å²) in [6.07, 6.45) is 5.14. The Morgan fingerprint density at radius 2 is 1.94 bits per heavy atom. The third kappa shape index (κ3) is 5.51. The lowest BCUT2D eigenvalue weighted by Gasteiger charge is -2.27. The summed E-state index contributed by atoms with van der Waals surface area (Å²) in [6, 6.07) is 11.7. The normalized spacial score (nSPS) is 15.8. The van der Waals surface area contributed by atoms with Gasteiger partial charge in [0.15, 0.2) is 5.82 Å². The van der Waals surface area contributed by atoms with E-state index in [-0.39, 0.29) is 17.8 Å². The van der Waals surface area contributed by atoms with Gasteiger partial charge in [-0.3, -0.25) is 14.7 Å². The number of likely N-dealkylation sites (N-methyl/N-ethyl adjacent to an activating group) is 1. The third-order valence-electron chi connectivity index (χ3n) is 5.94. The number of nitrogens with zero attached hydrogens (tertiary/aromatic N) is 5. The first-order valence-electron chi connectivity index (χ1n) is 11.4. The van der Waals surface area contributed by atoms with Gasteiger partial charge in [0.1, 0.15) is 11.6 Å². The summed E-state index contributed by atoms with van der Waals surface area (Å²) < 4.78 is 13.7. The van der Waals surface area contributed by atoms with E-state index in [0.717, 1.165) is 37.2 Å². The fraction of sp³-hybridized carbons (Fsp3) is 0.360. The van der Waals surface area contributed by atoms with Crippen LogP contribution in [0.3, 0.4) is 0 Å². The Bertz CT molecular complexity index is 1090. The summed E-state index contributed by atoms with van der Waals surface area (Å²) in [5, 5.41) is 3.19. The summed E-state index contributed by atoms with van der Waals surface area (Å²) in [5.74, 6) is 0.917. The Balaban J connectivity index is 1.68. The van der Waals surface area contributed by atoms with Crippen molar-refractivity contribution in [2.75, 3.05) is 31.5 Å². The molecule has 1 fully saturated rings. The molecule has 1 amide bonds. The topological polar surface area (TPSA) is 74.2 Å². The Labute approximate surface area is 193 Å². The van der Waals surface area contributed by atoms with E-state index in [9.17, 15) is 9.18 Å². The quantitative estimate of drug-likeness (QED) is 0.550. The maximum Gasteiger partial charge on any atom is 0.237 e. The Morgan fingerprint density at radius 1 is 1.15 bits per heavy atom. The maximum absolute atomic E-state index is 13.7. The van der Waals surface area contributed by atoms with Crippen LogP contribution in [0, 0.1) is 5.82 Å². The number of nitrogens with one attached hydrogen (secondary N) is 1. The molecule has 8 heteroatoms. The van der Waals surface area contributed by atoms with Gasteiger partial charge < -0.3 is 10.2 Å². The van der Waals surface area contributed by atoms with E-state index >= 15 is 0 Å². The molecule has 172 valence electrons. The number of anilines is 2. The molecule has 3 heterocycles. The number of halogens is 1. The summed E-state index contributed by atoms with van der Waals surface area (Å²) in [5.41, 5.74) is 2.22. The molecule has 0 aliphatic carbocycles. The summed E-state index contributed by atoms with van der Waals surface area (Å²) in [7, 11) is 0. The van der Waals surface area contributed by atoms with Crippen molar-refractivity contribution in [1.82, 2.24) is 24.8 Å². The van der Waals surface area contributed by atoms with Crippen LogP contribution in [0.4, 0.5) is 15.9 Å². The molecule has 1 atom stereocenters. The van der Waals surface area contributed by atoms with Crippen LogP contribution in [0.1, 0.15) is 38.6 Å². The smallest absolute Gasteiger partial charge is 0.237 e. The van der Waals surface area contributed by atoms with Crippen molar-refractivity contribution in [1.29, 1.82) is 0 Å².